The molecule has 0 atom stereocenters. The maximum atomic E-state index is 2.48. The molecule has 9 aromatic carbocycles. The first-order valence-electron chi connectivity index (χ1n) is 19.4. The fourth-order valence-electron chi connectivity index (χ4n) is 9.49. The van der Waals surface area contributed by atoms with Crippen molar-refractivity contribution in [3.63, 3.8) is 0 Å². The molecule has 0 bridgehead atoms. The van der Waals surface area contributed by atoms with E-state index in [0.29, 0.717) is 0 Å². The molecule has 0 N–H and O–H groups in total. The van der Waals surface area contributed by atoms with Crippen molar-refractivity contribution in [2.45, 2.75) is 5.41 Å². The number of para-hydroxylation sites is 1. The standard InChI is InChI=1S/C55H37N/c1-3-15-38(16-4-1)39-27-32-43(33-28-39)56(42-17-5-2-6-18-42)44-34-29-40(30-35-44)41-31-36-50-49-23-11-14-26-53(49)55(54(50)37-41)51-24-12-9-21-47(51)45-19-7-8-20-46(45)48-22-10-13-25-52(48)55/h1-37H. The lowest BCUT2D eigenvalue weighted by molar-refractivity contribution is 0.775. The van der Waals surface area contributed by atoms with E-state index in [-0.39, 0.29) is 0 Å². The van der Waals surface area contributed by atoms with Crippen LogP contribution in [0.5, 0.6) is 0 Å². The van der Waals surface area contributed by atoms with Crippen LogP contribution in [0.1, 0.15) is 22.3 Å². The Morgan fingerprint density at radius 3 is 1.09 bits per heavy atom. The molecule has 2 aliphatic carbocycles. The van der Waals surface area contributed by atoms with E-state index in [0.717, 1.165) is 17.1 Å². The van der Waals surface area contributed by atoms with Gasteiger partial charge in [-0.05, 0) is 120 Å². The number of hydrogen-bond acceptors (Lipinski definition) is 1. The second kappa shape index (κ2) is 13.0. The van der Waals surface area contributed by atoms with Crippen LogP contribution in [-0.2, 0) is 5.41 Å². The van der Waals surface area contributed by atoms with Crippen LogP contribution in [0.2, 0.25) is 0 Å². The average Bonchev–Trinajstić information content (AvgIpc) is 3.52. The van der Waals surface area contributed by atoms with Gasteiger partial charge in [0.25, 0.3) is 0 Å². The number of rotatable bonds is 5. The molecule has 0 fully saturated rings. The summed E-state index contributed by atoms with van der Waals surface area (Å²) in [6, 6.07) is 82.5. The smallest absolute Gasteiger partial charge is 0.0725 e. The molecule has 1 spiro atoms. The maximum absolute atomic E-state index is 2.48. The van der Waals surface area contributed by atoms with E-state index in [1.54, 1.807) is 0 Å². The Morgan fingerprint density at radius 2 is 0.571 bits per heavy atom. The molecule has 0 saturated carbocycles. The van der Waals surface area contributed by atoms with Crippen molar-refractivity contribution in [3.05, 3.63) is 247 Å². The Hall–Kier alpha value is -7.22. The fraction of sp³-hybridized carbons (Fsp3) is 0.0182. The van der Waals surface area contributed by atoms with Crippen molar-refractivity contribution < 1.29 is 0 Å². The van der Waals surface area contributed by atoms with E-state index >= 15 is 0 Å². The summed E-state index contributed by atoms with van der Waals surface area (Å²) in [7, 11) is 0. The van der Waals surface area contributed by atoms with Crippen LogP contribution in [0.25, 0.3) is 55.6 Å². The highest BCUT2D eigenvalue weighted by molar-refractivity contribution is 5.98. The maximum Gasteiger partial charge on any atom is 0.0725 e. The normalized spacial score (nSPS) is 12.8. The summed E-state index contributed by atoms with van der Waals surface area (Å²) < 4.78 is 0. The Balaban J connectivity index is 1.06. The second-order valence-electron chi connectivity index (χ2n) is 14.8. The zero-order valence-corrected chi connectivity index (χ0v) is 30.8. The van der Waals surface area contributed by atoms with Crippen LogP contribution in [0.4, 0.5) is 17.1 Å². The predicted molar refractivity (Wildman–Crippen MR) is 234 cm³/mol. The minimum Gasteiger partial charge on any atom is -0.311 e. The average molecular weight is 712 g/mol. The Kier molecular flexibility index (Phi) is 7.47. The van der Waals surface area contributed by atoms with Gasteiger partial charge in [0.05, 0.1) is 5.41 Å². The van der Waals surface area contributed by atoms with Crippen LogP contribution in [0.15, 0.2) is 224 Å². The fourth-order valence-corrected chi connectivity index (χ4v) is 9.49. The summed E-state index contributed by atoms with van der Waals surface area (Å²) >= 11 is 0. The summed E-state index contributed by atoms with van der Waals surface area (Å²) in [5.41, 5.74) is 20.7. The van der Waals surface area contributed by atoms with Gasteiger partial charge in [-0.15, -0.1) is 0 Å². The molecule has 0 aromatic heterocycles. The van der Waals surface area contributed by atoms with Gasteiger partial charge in [-0.25, -0.2) is 0 Å². The molecule has 0 radical (unpaired) electrons. The summed E-state index contributed by atoms with van der Waals surface area (Å²) in [4.78, 5) is 2.34. The molecule has 1 nitrogen and oxygen atoms in total. The van der Waals surface area contributed by atoms with Gasteiger partial charge >= 0.3 is 0 Å². The molecule has 2 aliphatic rings. The lowest BCUT2D eigenvalue weighted by Crippen LogP contribution is -2.29. The van der Waals surface area contributed by atoms with E-state index in [4.69, 9.17) is 0 Å². The molecular weight excluding hydrogens is 675 g/mol. The molecule has 0 saturated heterocycles. The van der Waals surface area contributed by atoms with Crippen LogP contribution in [0, 0.1) is 0 Å². The van der Waals surface area contributed by atoms with E-state index in [2.05, 4.69) is 229 Å². The number of nitrogens with zero attached hydrogens (tertiary/aromatic N) is 1. The van der Waals surface area contributed by atoms with Gasteiger partial charge in [0, 0.05) is 17.1 Å². The molecule has 1 heteroatoms. The molecule has 0 unspecified atom stereocenters. The van der Waals surface area contributed by atoms with E-state index < -0.39 is 5.41 Å². The Morgan fingerprint density at radius 1 is 0.232 bits per heavy atom. The van der Waals surface area contributed by atoms with Crippen molar-refractivity contribution in [1.82, 2.24) is 0 Å². The molecular formula is C55H37N. The number of benzene rings is 9. The van der Waals surface area contributed by atoms with Crippen LogP contribution in [0.3, 0.4) is 0 Å². The Bertz CT molecular complexity index is 2820. The van der Waals surface area contributed by atoms with Crippen LogP contribution >= 0.6 is 0 Å². The van der Waals surface area contributed by atoms with E-state index in [9.17, 15) is 0 Å². The third-order valence-electron chi connectivity index (χ3n) is 11.9. The lowest BCUT2D eigenvalue weighted by atomic mass is 9.65. The van der Waals surface area contributed by atoms with Gasteiger partial charge < -0.3 is 4.90 Å². The highest BCUT2D eigenvalue weighted by atomic mass is 15.1. The molecule has 11 rings (SSSR count). The first-order chi connectivity index (χ1) is 27.8. The molecule has 262 valence electrons. The number of anilines is 3. The monoisotopic (exact) mass is 711 g/mol. The van der Waals surface area contributed by atoms with Crippen molar-refractivity contribution >= 4 is 17.1 Å². The lowest BCUT2D eigenvalue weighted by Gasteiger charge is -2.35. The van der Waals surface area contributed by atoms with Crippen LogP contribution < -0.4 is 4.90 Å². The summed E-state index contributed by atoms with van der Waals surface area (Å²) in [5, 5.41) is 0. The first kappa shape index (κ1) is 32.2. The van der Waals surface area contributed by atoms with Gasteiger partial charge in [0.15, 0.2) is 0 Å². The zero-order valence-electron chi connectivity index (χ0n) is 30.8. The van der Waals surface area contributed by atoms with Crippen molar-refractivity contribution in [2.24, 2.45) is 0 Å². The third kappa shape index (κ3) is 4.88. The summed E-state index contributed by atoms with van der Waals surface area (Å²) in [6.07, 6.45) is 0. The molecule has 9 aromatic rings. The van der Waals surface area contributed by atoms with Gasteiger partial charge in [-0.2, -0.15) is 0 Å². The van der Waals surface area contributed by atoms with Crippen molar-refractivity contribution in [3.8, 4) is 55.6 Å². The van der Waals surface area contributed by atoms with E-state index in [1.807, 2.05) is 0 Å². The highest BCUT2D eigenvalue weighted by Crippen LogP contribution is 2.61. The number of fused-ring (bicyclic) bond motifs is 12. The number of hydrogen-bond donors (Lipinski definition) is 0. The second-order valence-corrected chi connectivity index (χ2v) is 14.8. The SMILES string of the molecule is c1ccc(-c2ccc(N(c3ccccc3)c3ccc(-c4ccc5c(c4)C4(c6ccccc6-c6ccccc6-c6ccccc64)c4ccccc4-5)cc3)cc2)cc1. The summed E-state index contributed by atoms with van der Waals surface area (Å²) in [5.74, 6) is 0. The largest absolute Gasteiger partial charge is 0.311 e. The molecule has 0 heterocycles. The molecule has 56 heavy (non-hydrogen) atoms. The van der Waals surface area contributed by atoms with E-state index in [1.165, 1.54) is 77.9 Å². The van der Waals surface area contributed by atoms with Crippen molar-refractivity contribution in [1.29, 1.82) is 0 Å². The van der Waals surface area contributed by atoms with Gasteiger partial charge in [-0.1, -0.05) is 182 Å². The first-order valence-corrected chi connectivity index (χ1v) is 19.4. The summed E-state index contributed by atoms with van der Waals surface area (Å²) in [6.45, 7) is 0. The van der Waals surface area contributed by atoms with Gasteiger partial charge in [-0.3, -0.25) is 0 Å². The predicted octanol–water partition coefficient (Wildman–Crippen LogP) is 14.5. The van der Waals surface area contributed by atoms with Crippen molar-refractivity contribution in [2.75, 3.05) is 4.90 Å². The molecule has 0 amide bonds. The quantitative estimate of drug-likeness (QED) is 0.172. The van der Waals surface area contributed by atoms with Crippen LogP contribution in [-0.4, -0.2) is 0 Å². The highest BCUT2D eigenvalue weighted by Gasteiger charge is 2.49. The minimum absolute atomic E-state index is 0.496. The third-order valence-corrected chi connectivity index (χ3v) is 11.9. The van der Waals surface area contributed by atoms with Gasteiger partial charge in [0.2, 0.25) is 0 Å². The zero-order chi connectivity index (χ0) is 37.1. The molecule has 0 aliphatic heterocycles. The topological polar surface area (TPSA) is 3.24 Å². The minimum atomic E-state index is -0.496. The van der Waals surface area contributed by atoms with Gasteiger partial charge in [0.1, 0.15) is 0 Å². The Labute approximate surface area is 328 Å².